The number of rotatable bonds is 7. The summed E-state index contributed by atoms with van der Waals surface area (Å²) in [5.74, 6) is 0.813. The van der Waals surface area contributed by atoms with Crippen molar-refractivity contribution in [2.75, 3.05) is 30.4 Å². The first-order valence-corrected chi connectivity index (χ1v) is 8.30. The van der Waals surface area contributed by atoms with Gasteiger partial charge in [0.15, 0.2) is 0 Å². The predicted molar refractivity (Wildman–Crippen MR) is 100 cm³/mol. The van der Waals surface area contributed by atoms with E-state index in [0.717, 1.165) is 28.5 Å². The quantitative estimate of drug-likeness (QED) is 0.694. The van der Waals surface area contributed by atoms with Crippen molar-refractivity contribution in [3.05, 3.63) is 66.1 Å². The second kappa shape index (κ2) is 7.81. The summed E-state index contributed by atoms with van der Waals surface area (Å²) < 4.78 is 1.90. The first-order chi connectivity index (χ1) is 12.2. The molecule has 0 unspecified atom stereocenters. The lowest BCUT2D eigenvalue weighted by Gasteiger charge is -2.17. The van der Waals surface area contributed by atoms with Crippen LogP contribution in [0.15, 0.2) is 54.9 Å². The summed E-state index contributed by atoms with van der Waals surface area (Å²) in [6.07, 6.45) is 3.85. The summed E-state index contributed by atoms with van der Waals surface area (Å²) in [7, 11) is 1.93. The van der Waals surface area contributed by atoms with Gasteiger partial charge in [0, 0.05) is 31.9 Å². The molecule has 2 heterocycles. The SMILES string of the molecule is Cc1nn(-c2ccccc2)cc1CNc1ccc(N(C)CCO)cn1. The molecule has 0 aliphatic carbocycles. The second-order valence-electron chi connectivity index (χ2n) is 5.92. The Bertz CT molecular complexity index is 798. The maximum atomic E-state index is 8.99. The van der Waals surface area contributed by atoms with Crippen LogP contribution in [0.4, 0.5) is 11.5 Å². The molecular formula is C19H23N5O. The van der Waals surface area contributed by atoms with Crippen LogP contribution >= 0.6 is 0 Å². The number of likely N-dealkylation sites (N-methyl/N-ethyl adjacent to an activating group) is 1. The summed E-state index contributed by atoms with van der Waals surface area (Å²) in [5, 5.41) is 16.9. The van der Waals surface area contributed by atoms with Gasteiger partial charge in [-0.3, -0.25) is 0 Å². The minimum absolute atomic E-state index is 0.126. The summed E-state index contributed by atoms with van der Waals surface area (Å²) in [5.41, 5.74) is 4.15. The standard InChI is InChI=1S/C19H23N5O/c1-15-16(14-24(22-15)17-6-4-3-5-7-17)12-20-19-9-8-18(13-21-19)23(2)10-11-25/h3-9,13-14,25H,10-12H2,1-2H3,(H,20,21). The van der Waals surface area contributed by atoms with Crippen LogP contribution in [-0.4, -0.2) is 40.1 Å². The highest BCUT2D eigenvalue weighted by atomic mass is 16.3. The Morgan fingerprint density at radius 2 is 1.96 bits per heavy atom. The summed E-state index contributed by atoms with van der Waals surface area (Å²) in [6.45, 7) is 3.39. The fourth-order valence-electron chi connectivity index (χ4n) is 2.56. The van der Waals surface area contributed by atoms with Gasteiger partial charge in [0.25, 0.3) is 0 Å². The lowest BCUT2D eigenvalue weighted by molar-refractivity contribution is 0.304. The third kappa shape index (κ3) is 4.16. The van der Waals surface area contributed by atoms with Crippen molar-refractivity contribution in [3.8, 4) is 5.69 Å². The smallest absolute Gasteiger partial charge is 0.126 e. The van der Waals surface area contributed by atoms with Gasteiger partial charge >= 0.3 is 0 Å². The number of pyridine rings is 1. The van der Waals surface area contributed by atoms with Gasteiger partial charge in [0.05, 0.1) is 29.9 Å². The van der Waals surface area contributed by atoms with Gasteiger partial charge in [0.2, 0.25) is 0 Å². The fourth-order valence-corrected chi connectivity index (χ4v) is 2.56. The number of aliphatic hydroxyl groups excluding tert-OH is 1. The Kier molecular flexibility index (Phi) is 5.30. The van der Waals surface area contributed by atoms with Crippen molar-refractivity contribution in [1.82, 2.24) is 14.8 Å². The van der Waals surface area contributed by atoms with Gasteiger partial charge in [0.1, 0.15) is 5.82 Å². The Balaban J connectivity index is 1.65. The monoisotopic (exact) mass is 337 g/mol. The molecule has 0 aliphatic heterocycles. The van der Waals surface area contributed by atoms with Crippen LogP contribution in [0.5, 0.6) is 0 Å². The molecule has 0 radical (unpaired) electrons. The van der Waals surface area contributed by atoms with Crippen LogP contribution in [0, 0.1) is 6.92 Å². The lowest BCUT2D eigenvalue weighted by Crippen LogP contribution is -2.21. The van der Waals surface area contributed by atoms with E-state index in [-0.39, 0.29) is 6.61 Å². The van der Waals surface area contributed by atoms with Gasteiger partial charge in [-0.15, -0.1) is 0 Å². The van der Waals surface area contributed by atoms with Crippen LogP contribution in [0.3, 0.4) is 0 Å². The maximum absolute atomic E-state index is 8.99. The number of anilines is 2. The van der Waals surface area contributed by atoms with Crippen LogP contribution in [0.2, 0.25) is 0 Å². The molecule has 0 amide bonds. The molecule has 3 aromatic rings. The van der Waals surface area contributed by atoms with E-state index in [1.807, 2.05) is 72.2 Å². The minimum atomic E-state index is 0.126. The van der Waals surface area contributed by atoms with E-state index in [1.165, 1.54) is 0 Å². The van der Waals surface area contributed by atoms with Crippen molar-refractivity contribution in [1.29, 1.82) is 0 Å². The average Bonchev–Trinajstić information content (AvgIpc) is 3.02. The second-order valence-corrected chi connectivity index (χ2v) is 5.92. The topological polar surface area (TPSA) is 66.2 Å². The highest BCUT2D eigenvalue weighted by molar-refractivity contribution is 5.49. The molecular weight excluding hydrogens is 314 g/mol. The highest BCUT2D eigenvalue weighted by Crippen LogP contribution is 2.16. The number of aliphatic hydroxyl groups is 1. The minimum Gasteiger partial charge on any atom is -0.395 e. The largest absolute Gasteiger partial charge is 0.395 e. The number of aromatic nitrogens is 3. The number of benzene rings is 1. The zero-order chi connectivity index (χ0) is 17.6. The molecule has 6 heteroatoms. The van der Waals surface area contributed by atoms with Crippen molar-refractivity contribution in [2.24, 2.45) is 0 Å². The molecule has 0 atom stereocenters. The molecule has 2 aromatic heterocycles. The number of aryl methyl sites for hydroxylation is 1. The molecule has 2 N–H and O–H groups in total. The average molecular weight is 337 g/mol. The van der Waals surface area contributed by atoms with E-state index in [1.54, 1.807) is 6.20 Å². The molecule has 130 valence electrons. The molecule has 0 bridgehead atoms. The number of hydrogen-bond donors (Lipinski definition) is 2. The molecule has 0 aliphatic rings. The van der Waals surface area contributed by atoms with Gasteiger partial charge in [-0.05, 0) is 31.2 Å². The Morgan fingerprint density at radius 3 is 2.64 bits per heavy atom. The Labute approximate surface area is 147 Å². The fraction of sp³-hybridized carbons (Fsp3) is 0.263. The van der Waals surface area contributed by atoms with Gasteiger partial charge in [-0.2, -0.15) is 5.10 Å². The van der Waals surface area contributed by atoms with Crippen molar-refractivity contribution >= 4 is 11.5 Å². The predicted octanol–water partition coefficient (Wildman–Crippen LogP) is 2.62. The number of para-hydroxylation sites is 1. The van der Waals surface area contributed by atoms with Gasteiger partial charge in [-0.1, -0.05) is 18.2 Å². The van der Waals surface area contributed by atoms with Crippen molar-refractivity contribution < 1.29 is 5.11 Å². The van der Waals surface area contributed by atoms with E-state index in [9.17, 15) is 0 Å². The van der Waals surface area contributed by atoms with E-state index < -0.39 is 0 Å². The normalized spacial score (nSPS) is 10.7. The van der Waals surface area contributed by atoms with Gasteiger partial charge < -0.3 is 15.3 Å². The zero-order valence-electron chi connectivity index (χ0n) is 14.6. The van der Waals surface area contributed by atoms with E-state index in [2.05, 4.69) is 15.4 Å². The zero-order valence-corrected chi connectivity index (χ0v) is 14.6. The summed E-state index contributed by atoms with van der Waals surface area (Å²) in [4.78, 5) is 6.39. The van der Waals surface area contributed by atoms with E-state index >= 15 is 0 Å². The third-order valence-electron chi connectivity index (χ3n) is 4.11. The van der Waals surface area contributed by atoms with Crippen molar-refractivity contribution in [3.63, 3.8) is 0 Å². The van der Waals surface area contributed by atoms with E-state index in [4.69, 9.17) is 5.11 Å². The summed E-state index contributed by atoms with van der Waals surface area (Å²) >= 11 is 0. The first-order valence-electron chi connectivity index (χ1n) is 8.30. The van der Waals surface area contributed by atoms with Crippen LogP contribution in [-0.2, 0) is 6.54 Å². The maximum Gasteiger partial charge on any atom is 0.126 e. The van der Waals surface area contributed by atoms with Crippen LogP contribution < -0.4 is 10.2 Å². The molecule has 0 fully saturated rings. The van der Waals surface area contributed by atoms with Crippen LogP contribution in [0.25, 0.3) is 5.69 Å². The molecule has 0 saturated carbocycles. The number of nitrogens with one attached hydrogen (secondary N) is 1. The Morgan fingerprint density at radius 1 is 1.16 bits per heavy atom. The van der Waals surface area contributed by atoms with Crippen molar-refractivity contribution in [2.45, 2.75) is 13.5 Å². The van der Waals surface area contributed by atoms with Crippen LogP contribution in [0.1, 0.15) is 11.3 Å². The highest BCUT2D eigenvalue weighted by Gasteiger charge is 2.07. The Hall–Kier alpha value is -2.86. The first kappa shape index (κ1) is 17.0. The molecule has 0 spiro atoms. The lowest BCUT2D eigenvalue weighted by atomic mass is 10.2. The molecule has 3 rings (SSSR count). The van der Waals surface area contributed by atoms with E-state index in [0.29, 0.717) is 13.1 Å². The molecule has 6 nitrogen and oxygen atoms in total. The molecule has 25 heavy (non-hydrogen) atoms. The molecule has 0 saturated heterocycles. The number of hydrogen-bond acceptors (Lipinski definition) is 5. The summed E-state index contributed by atoms with van der Waals surface area (Å²) in [6, 6.07) is 14.0. The molecule has 1 aromatic carbocycles. The third-order valence-corrected chi connectivity index (χ3v) is 4.11. The number of nitrogens with zero attached hydrogens (tertiary/aromatic N) is 4. The van der Waals surface area contributed by atoms with Gasteiger partial charge in [-0.25, -0.2) is 9.67 Å².